The van der Waals surface area contributed by atoms with Gasteiger partial charge in [-0.3, -0.25) is 9.00 Å². The van der Waals surface area contributed by atoms with Crippen LogP contribution in [-0.2, 0) is 15.6 Å². The van der Waals surface area contributed by atoms with Crippen LogP contribution in [0.25, 0.3) is 0 Å². The minimum absolute atomic E-state index is 0.106. The van der Waals surface area contributed by atoms with Crippen LogP contribution < -0.4 is 10.6 Å². The van der Waals surface area contributed by atoms with E-state index in [1.807, 2.05) is 6.92 Å². The van der Waals surface area contributed by atoms with Crippen molar-refractivity contribution in [2.45, 2.75) is 50.7 Å². The first-order valence-electron chi connectivity index (χ1n) is 6.06. The van der Waals surface area contributed by atoms with E-state index in [4.69, 9.17) is 0 Å². The van der Waals surface area contributed by atoms with E-state index in [-0.39, 0.29) is 11.9 Å². The number of rotatable bonds is 4. The molecule has 1 heterocycles. The fourth-order valence-corrected chi connectivity index (χ4v) is 3.24. The Hall–Kier alpha value is -0.420. The second-order valence-electron chi connectivity index (χ2n) is 4.79. The summed E-state index contributed by atoms with van der Waals surface area (Å²) in [6, 6.07) is 0.658. The van der Waals surface area contributed by atoms with Crippen molar-refractivity contribution < 1.29 is 9.00 Å². The summed E-state index contributed by atoms with van der Waals surface area (Å²) in [7, 11) is -0.626. The molecule has 1 aliphatic carbocycles. The third kappa shape index (κ3) is 3.56. The lowest BCUT2D eigenvalue weighted by molar-refractivity contribution is -0.123. The van der Waals surface area contributed by atoms with Gasteiger partial charge in [0.25, 0.3) is 0 Å². The molecule has 1 amide bonds. The van der Waals surface area contributed by atoms with Gasteiger partial charge < -0.3 is 10.6 Å². The summed E-state index contributed by atoms with van der Waals surface area (Å²) in [5, 5.41) is 6.32. The van der Waals surface area contributed by atoms with Gasteiger partial charge in [-0.25, -0.2) is 0 Å². The second-order valence-corrected chi connectivity index (χ2v) is 6.49. The average molecular weight is 244 g/mol. The first-order chi connectivity index (χ1) is 7.65. The number of carbonyl (C=O) groups is 1. The molecule has 0 radical (unpaired) electrons. The molecule has 1 aliphatic heterocycles. The number of hydrogen-bond donors (Lipinski definition) is 2. The summed E-state index contributed by atoms with van der Waals surface area (Å²) in [6.07, 6.45) is 4.10. The molecule has 1 saturated carbocycles. The van der Waals surface area contributed by atoms with Gasteiger partial charge in [0, 0.05) is 34.4 Å². The van der Waals surface area contributed by atoms with Gasteiger partial charge in [-0.2, -0.15) is 0 Å². The van der Waals surface area contributed by atoms with Crippen LogP contribution in [0.4, 0.5) is 0 Å². The average Bonchev–Trinajstić information content (AvgIpc) is 3.05. The van der Waals surface area contributed by atoms with Crippen molar-refractivity contribution in [3.63, 3.8) is 0 Å². The molecule has 0 bridgehead atoms. The SMILES string of the molecule is CC(NC1CCS(=O)CC1)C(=O)NC1CC1. The molecule has 2 N–H and O–H groups in total. The molecule has 1 unspecified atom stereocenters. The van der Waals surface area contributed by atoms with E-state index in [0.717, 1.165) is 37.2 Å². The van der Waals surface area contributed by atoms with Crippen LogP contribution >= 0.6 is 0 Å². The minimum Gasteiger partial charge on any atom is -0.352 e. The molecule has 92 valence electrons. The molecule has 2 fully saturated rings. The van der Waals surface area contributed by atoms with Crippen LogP contribution in [0.15, 0.2) is 0 Å². The van der Waals surface area contributed by atoms with Crippen molar-refractivity contribution in [1.29, 1.82) is 0 Å². The Labute approximate surface area is 99.0 Å². The Balaban J connectivity index is 1.70. The molecule has 16 heavy (non-hydrogen) atoms. The maximum absolute atomic E-state index is 11.7. The quantitative estimate of drug-likeness (QED) is 0.740. The molecule has 4 nitrogen and oxygen atoms in total. The Morgan fingerprint density at radius 2 is 1.81 bits per heavy atom. The van der Waals surface area contributed by atoms with Gasteiger partial charge in [0.05, 0.1) is 6.04 Å². The molecule has 2 aliphatic rings. The van der Waals surface area contributed by atoms with Gasteiger partial charge in [-0.05, 0) is 32.6 Å². The van der Waals surface area contributed by atoms with Crippen LogP contribution in [0.5, 0.6) is 0 Å². The maximum atomic E-state index is 11.7. The highest BCUT2D eigenvalue weighted by Gasteiger charge is 2.27. The molecule has 5 heteroatoms. The van der Waals surface area contributed by atoms with E-state index >= 15 is 0 Å². The zero-order chi connectivity index (χ0) is 11.5. The largest absolute Gasteiger partial charge is 0.352 e. The lowest BCUT2D eigenvalue weighted by atomic mass is 10.1. The Morgan fingerprint density at radius 3 is 2.38 bits per heavy atom. The van der Waals surface area contributed by atoms with E-state index in [9.17, 15) is 9.00 Å². The molecular weight excluding hydrogens is 224 g/mol. The summed E-state index contributed by atoms with van der Waals surface area (Å²) in [6.45, 7) is 1.91. The van der Waals surface area contributed by atoms with Crippen molar-refractivity contribution in [3.05, 3.63) is 0 Å². The van der Waals surface area contributed by atoms with Gasteiger partial charge in [-0.15, -0.1) is 0 Å². The molecule has 1 atom stereocenters. The van der Waals surface area contributed by atoms with Crippen LogP contribution in [-0.4, -0.2) is 39.7 Å². The minimum atomic E-state index is -0.626. The lowest BCUT2D eigenvalue weighted by Gasteiger charge is -2.25. The van der Waals surface area contributed by atoms with Crippen LogP contribution in [0.1, 0.15) is 32.6 Å². The Bertz CT molecular complexity index is 282. The van der Waals surface area contributed by atoms with Crippen molar-refractivity contribution >= 4 is 16.7 Å². The Kier molecular flexibility index (Phi) is 3.97. The highest BCUT2D eigenvalue weighted by atomic mass is 32.2. The topological polar surface area (TPSA) is 58.2 Å². The second kappa shape index (κ2) is 5.27. The smallest absolute Gasteiger partial charge is 0.237 e. The predicted molar refractivity (Wildman–Crippen MR) is 64.7 cm³/mol. The van der Waals surface area contributed by atoms with E-state index in [2.05, 4.69) is 10.6 Å². The summed E-state index contributed by atoms with van der Waals surface area (Å²) in [5.41, 5.74) is 0. The van der Waals surface area contributed by atoms with E-state index in [1.165, 1.54) is 0 Å². The fraction of sp³-hybridized carbons (Fsp3) is 0.909. The zero-order valence-corrected chi connectivity index (χ0v) is 10.5. The highest BCUT2D eigenvalue weighted by Crippen LogP contribution is 2.18. The number of carbonyl (C=O) groups excluding carboxylic acids is 1. The summed E-state index contributed by atoms with van der Waals surface area (Å²) < 4.78 is 11.2. The van der Waals surface area contributed by atoms with Gasteiger partial charge in [0.2, 0.25) is 5.91 Å². The lowest BCUT2D eigenvalue weighted by Crippen LogP contribution is -2.48. The Morgan fingerprint density at radius 1 is 1.19 bits per heavy atom. The van der Waals surface area contributed by atoms with E-state index < -0.39 is 10.8 Å². The van der Waals surface area contributed by atoms with Crippen molar-refractivity contribution in [2.24, 2.45) is 0 Å². The number of nitrogens with one attached hydrogen (secondary N) is 2. The van der Waals surface area contributed by atoms with Crippen LogP contribution in [0.3, 0.4) is 0 Å². The first kappa shape index (κ1) is 12.0. The van der Waals surface area contributed by atoms with E-state index in [1.54, 1.807) is 0 Å². The predicted octanol–water partition coefficient (Wildman–Crippen LogP) is 0.154. The molecular formula is C11H20N2O2S. The molecule has 0 spiro atoms. The van der Waals surface area contributed by atoms with Gasteiger partial charge in [0.15, 0.2) is 0 Å². The van der Waals surface area contributed by atoms with Crippen LogP contribution in [0.2, 0.25) is 0 Å². The molecule has 0 aromatic heterocycles. The standard InChI is InChI=1S/C11H20N2O2S/c1-8(11(14)13-9-2-3-9)12-10-4-6-16(15)7-5-10/h8-10,12H,2-7H2,1H3,(H,13,14). The fourth-order valence-electron chi connectivity index (χ4n) is 1.94. The van der Waals surface area contributed by atoms with Gasteiger partial charge in [-0.1, -0.05) is 0 Å². The summed E-state index contributed by atoms with van der Waals surface area (Å²) in [4.78, 5) is 11.7. The molecule has 1 saturated heterocycles. The molecule has 0 aromatic carbocycles. The van der Waals surface area contributed by atoms with Crippen molar-refractivity contribution in [3.8, 4) is 0 Å². The van der Waals surface area contributed by atoms with Gasteiger partial charge >= 0.3 is 0 Å². The van der Waals surface area contributed by atoms with Crippen molar-refractivity contribution in [1.82, 2.24) is 10.6 Å². The maximum Gasteiger partial charge on any atom is 0.237 e. The van der Waals surface area contributed by atoms with E-state index in [0.29, 0.717) is 12.1 Å². The summed E-state index contributed by atoms with van der Waals surface area (Å²) >= 11 is 0. The molecule has 2 rings (SSSR count). The summed E-state index contributed by atoms with van der Waals surface area (Å²) in [5.74, 6) is 1.65. The first-order valence-corrected chi connectivity index (χ1v) is 7.55. The molecule has 0 aromatic rings. The highest BCUT2D eigenvalue weighted by molar-refractivity contribution is 7.85. The number of amides is 1. The monoisotopic (exact) mass is 244 g/mol. The number of hydrogen-bond acceptors (Lipinski definition) is 3. The normalized spacial score (nSPS) is 32.1. The van der Waals surface area contributed by atoms with Crippen LogP contribution in [0, 0.1) is 0 Å². The van der Waals surface area contributed by atoms with Crippen molar-refractivity contribution in [2.75, 3.05) is 11.5 Å². The van der Waals surface area contributed by atoms with Gasteiger partial charge in [0.1, 0.15) is 0 Å². The zero-order valence-electron chi connectivity index (χ0n) is 9.70. The third-order valence-corrected chi connectivity index (χ3v) is 4.57. The third-order valence-electron chi connectivity index (χ3n) is 3.19.